The Morgan fingerprint density at radius 2 is 1.48 bits per heavy atom. The number of nitrogens with zero attached hydrogens (tertiary/aromatic N) is 1. The highest BCUT2D eigenvalue weighted by Gasteiger charge is 2.35. The molecule has 1 fully saturated rings. The highest BCUT2D eigenvalue weighted by Crippen LogP contribution is 2.31. The molecule has 31 heavy (non-hydrogen) atoms. The SMILES string of the molecule is COc1ccc(CN(C2CC2)[C@@H](C)C(=O)NC(c2ccccc2)c2ccccc2)cc1. The van der Waals surface area contributed by atoms with Crippen molar-refractivity contribution in [2.75, 3.05) is 7.11 Å². The second-order valence-electron chi connectivity index (χ2n) is 8.19. The van der Waals surface area contributed by atoms with Gasteiger partial charge in [-0.2, -0.15) is 0 Å². The third-order valence-electron chi connectivity index (χ3n) is 5.97. The second kappa shape index (κ2) is 9.80. The number of hydrogen-bond donors (Lipinski definition) is 1. The van der Waals surface area contributed by atoms with Gasteiger partial charge >= 0.3 is 0 Å². The monoisotopic (exact) mass is 414 g/mol. The van der Waals surface area contributed by atoms with Crippen molar-refractivity contribution in [1.82, 2.24) is 10.2 Å². The Balaban J connectivity index is 1.51. The summed E-state index contributed by atoms with van der Waals surface area (Å²) in [4.78, 5) is 15.7. The third-order valence-corrected chi connectivity index (χ3v) is 5.97. The molecule has 3 aromatic carbocycles. The number of rotatable bonds is 9. The Kier molecular flexibility index (Phi) is 6.68. The standard InChI is InChI=1S/C27H30N2O2/c1-20(29(24-15-16-24)19-21-13-17-25(31-2)18-14-21)27(30)28-26(22-9-5-3-6-10-22)23-11-7-4-8-12-23/h3-14,17-18,20,24,26H,15-16,19H2,1-2H3,(H,28,30)/t20-/m0/s1. The van der Waals surface area contributed by atoms with Crippen LogP contribution in [0.3, 0.4) is 0 Å². The molecule has 1 amide bonds. The van der Waals surface area contributed by atoms with E-state index in [0.29, 0.717) is 6.04 Å². The lowest BCUT2D eigenvalue weighted by atomic mass is 9.98. The first kappa shape index (κ1) is 21.1. The molecule has 0 unspecified atom stereocenters. The number of nitrogens with one attached hydrogen (secondary N) is 1. The van der Waals surface area contributed by atoms with Crippen LogP contribution in [0, 0.1) is 0 Å². The fraction of sp³-hybridized carbons (Fsp3) is 0.296. The average Bonchev–Trinajstić information content (AvgIpc) is 3.67. The number of amides is 1. The van der Waals surface area contributed by atoms with Crippen LogP contribution >= 0.6 is 0 Å². The Morgan fingerprint density at radius 3 is 1.97 bits per heavy atom. The normalized spacial score (nSPS) is 14.5. The maximum Gasteiger partial charge on any atom is 0.237 e. The van der Waals surface area contributed by atoms with Gasteiger partial charge in [0.05, 0.1) is 19.2 Å². The summed E-state index contributed by atoms with van der Waals surface area (Å²) >= 11 is 0. The molecule has 0 bridgehead atoms. The highest BCUT2D eigenvalue weighted by atomic mass is 16.5. The summed E-state index contributed by atoms with van der Waals surface area (Å²) in [5, 5.41) is 3.32. The van der Waals surface area contributed by atoms with Crippen LogP contribution in [-0.4, -0.2) is 30.0 Å². The first-order valence-electron chi connectivity index (χ1n) is 10.9. The molecular weight excluding hydrogens is 384 g/mol. The second-order valence-corrected chi connectivity index (χ2v) is 8.19. The predicted molar refractivity (Wildman–Crippen MR) is 124 cm³/mol. The number of benzene rings is 3. The molecule has 4 rings (SSSR count). The molecule has 0 saturated heterocycles. The average molecular weight is 415 g/mol. The fourth-order valence-electron chi connectivity index (χ4n) is 3.99. The molecule has 1 aliphatic rings. The molecule has 1 aliphatic carbocycles. The summed E-state index contributed by atoms with van der Waals surface area (Å²) < 4.78 is 5.27. The highest BCUT2D eigenvalue weighted by molar-refractivity contribution is 5.82. The minimum Gasteiger partial charge on any atom is -0.497 e. The summed E-state index contributed by atoms with van der Waals surface area (Å²) in [6.45, 7) is 2.77. The van der Waals surface area contributed by atoms with Gasteiger partial charge in [-0.05, 0) is 48.6 Å². The lowest BCUT2D eigenvalue weighted by molar-refractivity contribution is -0.126. The van der Waals surface area contributed by atoms with E-state index in [-0.39, 0.29) is 18.0 Å². The topological polar surface area (TPSA) is 41.6 Å². The lowest BCUT2D eigenvalue weighted by Gasteiger charge is -2.30. The molecule has 0 aliphatic heterocycles. The summed E-state index contributed by atoms with van der Waals surface area (Å²) in [6.07, 6.45) is 2.29. The van der Waals surface area contributed by atoms with Gasteiger partial charge in [0, 0.05) is 12.6 Å². The summed E-state index contributed by atoms with van der Waals surface area (Å²) in [6, 6.07) is 28.5. The van der Waals surface area contributed by atoms with Crippen LogP contribution in [0.5, 0.6) is 5.75 Å². The number of hydrogen-bond acceptors (Lipinski definition) is 3. The van der Waals surface area contributed by atoms with Crippen molar-refractivity contribution in [2.45, 2.75) is 44.4 Å². The van der Waals surface area contributed by atoms with Gasteiger partial charge in [0.15, 0.2) is 0 Å². The van der Waals surface area contributed by atoms with Crippen LogP contribution in [0.25, 0.3) is 0 Å². The van der Waals surface area contributed by atoms with E-state index in [0.717, 1.165) is 36.3 Å². The van der Waals surface area contributed by atoms with E-state index in [4.69, 9.17) is 4.74 Å². The van der Waals surface area contributed by atoms with Gasteiger partial charge in [-0.25, -0.2) is 0 Å². The van der Waals surface area contributed by atoms with Gasteiger partial charge in [0.25, 0.3) is 0 Å². The van der Waals surface area contributed by atoms with Crippen molar-refractivity contribution >= 4 is 5.91 Å². The van der Waals surface area contributed by atoms with Crippen molar-refractivity contribution < 1.29 is 9.53 Å². The lowest BCUT2D eigenvalue weighted by Crippen LogP contribution is -2.47. The molecule has 0 spiro atoms. The van der Waals surface area contributed by atoms with Crippen LogP contribution in [0.2, 0.25) is 0 Å². The zero-order valence-corrected chi connectivity index (χ0v) is 18.2. The van der Waals surface area contributed by atoms with Gasteiger partial charge in [0.2, 0.25) is 5.91 Å². The summed E-state index contributed by atoms with van der Waals surface area (Å²) in [5.74, 6) is 0.902. The third kappa shape index (κ3) is 5.33. The van der Waals surface area contributed by atoms with E-state index in [1.165, 1.54) is 5.56 Å². The van der Waals surface area contributed by atoms with Gasteiger partial charge in [0.1, 0.15) is 5.75 Å². The zero-order chi connectivity index (χ0) is 21.6. The largest absolute Gasteiger partial charge is 0.497 e. The van der Waals surface area contributed by atoms with E-state index in [2.05, 4.69) is 46.6 Å². The molecule has 0 aromatic heterocycles. The molecule has 3 aromatic rings. The van der Waals surface area contributed by atoms with Gasteiger partial charge in [-0.1, -0.05) is 72.8 Å². The van der Waals surface area contributed by atoms with Crippen LogP contribution in [0.4, 0.5) is 0 Å². The molecule has 160 valence electrons. The Labute approximate surface area is 184 Å². The fourth-order valence-corrected chi connectivity index (χ4v) is 3.99. The smallest absolute Gasteiger partial charge is 0.237 e. The van der Waals surface area contributed by atoms with E-state index >= 15 is 0 Å². The first-order valence-corrected chi connectivity index (χ1v) is 10.9. The van der Waals surface area contributed by atoms with Crippen molar-refractivity contribution in [3.63, 3.8) is 0 Å². The van der Waals surface area contributed by atoms with Crippen LogP contribution in [0.1, 0.15) is 42.5 Å². The number of methoxy groups -OCH3 is 1. The van der Waals surface area contributed by atoms with Crippen LogP contribution < -0.4 is 10.1 Å². The molecular formula is C27H30N2O2. The molecule has 0 heterocycles. The van der Waals surface area contributed by atoms with Crippen molar-refractivity contribution in [3.8, 4) is 5.75 Å². The van der Waals surface area contributed by atoms with E-state index in [9.17, 15) is 4.79 Å². The van der Waals surface area contributed by atoms with Gasteiger partial charge in [-0.3, -0.25) is 9.69 Å². The van der Waals surface area contributed by atoms with Crippen molar-refractivity contribution in [2.24, 2.45) is 0 Å². The Hall–Kier alpha value is -3.11. The molecule has 1 saturated carbocycles. The molecule has 0 radical (unpaired) electrons. The Bertz CT molecular complexity index is 930. The zero-order valence-electron chi connectivity index (χ0n) is 18.2. The maximum atomic E-state index is 13.4. The van der Waals surface area contributed by atoms with Crippen molar-refractivity contribution in [1.29, 1.82) is 0 Å². The van der Waals surface area contributed by atoms with E-state index in [1.54, 1.807) is 7.11 Å². The molecule has 4 heteroatoms. The first-order chi connectivity index (χ1) is 15.2. The maximum absolute atomic E-state index is 13.4. The van der Waals surface area contributed by atoms with Gasteiger partial charge < -0.3 is 10.1 Å². The van der Waals surface area contributed by atoms with Crippen LogP contribution in [-0.2, 0) is 11.3 Å². The summed E-state index contributed by atoms with van der Waals surface area (Å²) in [7, 11) is 1.67. The number of ether oxygens (including phenoxy) is 1. The predicted octanol–water partition coefficient (Wildman–Crippen LogP) is 4.95. The summed E-state index contributed by atoms with van der Waals surface area (Å²) in [5.41, 5.74) is 3.36. The molecule has 1 atom stereocenters. The minimum atomic E-state index is -0.218. The minimum absolute atomic E-state index is 0.0538. The number of carbonyl (C=O) groups is 1. The quantitative estimate of drug-likeness (QED) is 0.538. The molecule has 1 N–H and O–H groups in total. The Morgan fingerprint density at radius 1 is 0.935 bits per heavy atom. The van der Waals surface area contributed by atoms with Gasteiger partial charge in [-0.15, -0.1) is 0 Å². The molecule has 4 nitrogen and oxygen atoms in total. The van der Waals surface area contributed by atoms with Crippen LogP contribution in [0.15, 0.2) is 84.9 Å². The van der Waals surface area contributed by atoms with Crippen molar-refractivity contribution in [3.05, 3.63) is 102 Å². The van der Waals surface area contributed by atoms with E-state index < -0.39 is 0 Å². The number of carbonyl (C=O) groups excluding carboxylic acids is 1. The van der Waals surface area contributed by atoms with E-state index in [1.807, 2.05) is 55.5 Å².